The first-order valence-electron chi connectivity index (χ1n) is 11.7. The molecule has 10 heteroatoms. The lowest BCUT2D eigenvalue weighted by atomic mass is 9.92. The summed E-state index contributed by atoms with van der Waals surface area (Å²) in [5.74, 6) is 0.0264. The van der Waals surface area contributed by atoms with Gasteiger partial charge in [-0.25, -0.2) is 4.98 Å². The summed E-state index contributed by atoms with van der Waals surface area (Å²) in [6.45, 7) is 0. The number of H-pyrrole nitrogens is 1. The van der Waals surface area contributed by atoms with E-state index in [1.807, 2.05) is 12.1 Å². The highest BCUT2D eigenvalue weighted by atomic mass is 35.5. The molecule has 0 spiro atoms. The van der Waals surface area contributed by atoms with Crippen LogP contribution < -0.4 is 22.1 Å². The van der Waals surface area contributed by atoms with Gasteiger partial charge in [0, 0.05) is 28.4 Å². The number of benzene rings is 3. The van der Waals surface area contributed by atoms with Gasteiger partial charge < -0.3 is 27.1 Å². The van der Waals surface area contributed by atoms with Crippen molar-refractivity contribution in [2.24, 2.45) is 11.7 Å². The number of fused-ring (bicyclic) bond motifs is 1. The lowest BCUT2D eigenvalue weighted by Crippen LogP contribution is -2.25. The van der Waals surface area contributed by atoms with Crippen LogP contribution in [0.1, 0.15) is 29.6 Å². The highest BCUT2D eigenvalue weighted by molar-refractivity contribution is 6.38. The molecular weight excluding hydrogens is 511 g/mol. The summed E-state index contributed by atoms with van der Waals surface area (Å²) < 4.78 is 0. The molecule has 3 aromatic carbocycles. The fraction of sp³-hybridized carbons (Fsp3) is 0.148. The molecule has 1 atom stereocenters. The van der Waals surface area contributed by atoms with Crippen molar-refractivity contribution >= 4 is 63.1 Å². The quantitative estimate of drug-likeness (QED) is 0.201. The van der Waals surface area contributed by atoms with Crippen molar-refractivity contribution in [1.82, 2.24) is 9.97 Å². The molecule has 0 aliphatic heterocycles. The van der Waals surface area contributed by atoms with Crippen LogP contribution in [0, 0.1) is 5.92 Å². The van der Waals surface area contributed by atoms with Crippen molar-refractivity contribution in [3.05, 3.63) is 82.0 Å². The zero-order valence-electron chi connectivity index (χ0n) is 19.6. The first kappa shape index (κ1) is 24.7. The lowest BCUT2D eigenvalue weighted by molar-refractivity contribution is -0.120. The standard InChI is InChI=1S/C27H24Cl2N6O2/c28-19-13-16(5-10-20(19)33-26(36)14-1-6-17(30)7-2-14)25-32-22-12-11-21(23(29)24(22)35-25)34-27(37)15-3-8-18(31)9-4-15/h3-6,8-14H,1-2,7,30-31H2,(H,32,35)(H,33,36)(H,34,37). The summed E-state index contributed by atoms with van der Waals surface area (Å²) in [4.78, 5) is 33.1. The number of halogens is 2. The Hall–Kier alpha value is -4.01. The van der Waals surface area contributed by atoms with E-state index in [0.29, 0.717) is 68.8 Å². The van der Waals surface area contributed by atoms with Gasteiger partial charge >= 0.3 is 0 Å². The first-order chi connectivity index (χ1) is 17.8. The Morgan fingerprint density at radius 1 is 0.973 bits per heavy atom. The van der Waals surface area contributed by atoms with Crippen molar-refractivity contribution < 1.29 is 9.59 Å². The first-order valence-corrected chi connectivity index (χ1v) is 12.4. The van der Waals surface area contributed by atoms with E-state index in [1.54, 1.807) is 48.5 Å². The maximum absolute atomic E-state index is 12.6. The van der Waals surface area contributed by atoms with E-state index in [4.69, 9.17) is 34.7 Å². The van der Waals surface area contributed by atoms with Crippen LogP contribution in [0.25, 0.3) is 22.4 Å². The summed E-state index contributed by atoms with van der Waals surface area (Å²) in [5.41, 5.74) is 16.2. The Balaban J connectivity index is 1.34. The average molecular weight is 535 g/mol. The number of nitrogens with one attached hydrogen (secondary N) is 3. The highest BCUT2D eigenvalue weighted by Gasteiger charge is 2.22. The van der Waals surface area contributed by atoms with Crippen molar-refractivity contribution in [3.8, 4) is 11.4 Å². The number of amides is 2. The van der Waals surface area contributed by atoms with Gasteiger partial charge in [0.15, 0.2) is 0 Å². The third-order valence-corrected chi connectivity index (χ3v) is 7.03. The summed E-state index contributed by atoms with van der Waals surface area (Å²) in [5, 5.41) is 6.42. The van der Waals surface area contributed by atoms with Crippen LogP contribution in [0.3, 0.4) is 0 Å². The highest BCUT2D eigenvalue weighted by Crippen LogP contribution is 2.34. The second-order valence-electron chi connectivity index (χ2n) is 8.92. The molecule has 1 aliphatic carbocycles. The van der Waals surface area contributed by atoms with Gasteiger partial charge in [-0.1, -0.05) is 29.3 Å². The van der Waals surface area contributed by atoms with Crippen LogP contribution in [0.5, 0.6) is 0 Å². The molecule has 1 heterocycles. The minimum atomic E-state index is -0.311. The van der Waals surface area contributed by atoms with Gasteiger partial charge in [0.2, 0.25) is 5.91 Å². The number of nitrogen functional groups attached to an aromatic ring is 1. The van der Waals surface area contributed by atoms with E-state index < -0.39 is 0 Å². The van der Waals surface area contributed by atoms with E-state index in [2.05, 4.69) is 20.6 Å². The number of allylic oxidation sites excluding steroid dienone is 2. The third-order valence-electron chi connectivity index (χ3n) is 6.33. The number of carbonyl (C=O) groups is 2. The number of aromatic amines is 1. The number of carbonyl (C=O) groups excluding carboxylic acids is 2. The Kier molecular flexibility index (Phi) is 6.78. The summed E-state index contributed by atoms with van der Waals surface area (Å²) in [6.07, 6.45) is 3.95. The maximum Gasteiger partial charge on any atom is 0.255 e. The van der Waals surface area contributed by atoms with Gasteiger partial charge in [-0.15, -0.1) is 0 Å². The zero-order valence-corrected chi connectivity index (χ0v) is 21.2. The van der Waals surface area contributed by atoms with Gasteiger partial charge in [0.25, 0.3) is 5.91 Å². The smallest absolute Gasteiger partial charge is 0.255 e. The number of hydrogen-bond acceptors (Lipinski definition) is 5. The molecule has 37 heavy (non-hydrogen) atoms. The minimum Gasteiger partial charge on any atom is -0.402 e. The third kappa shape index (κ3) is 5.26. The minimum absolute atomic E-state index is 0.0810. The number of anilines is 3. The second-order valence-corrected chi connectivity index (χ2v) is 9.70. The number of rotatable bonds is 5. The van der Waals surface area contributed by atoms with E-state index >= 15 is 0 Å². The van der Waals surface area contributed by atoms with Gasteiger partial charge in [-0.05, 0) is 73.9 Å². The SMILES string of the molecule is NC1=CCC(C(=O)Nc2ccc(-c3nc4c(Cl)c(NC(=O)c5ccc(N)cc5)ccc4[nH]3)cc2Cl)CC1. The molecule has 1 aromatic heterocycles. The molecule has 2 amide bonds. The average Bonchev–Trinajstić information content (AvgIpc) is 3.33. The zero-order chi connectivity index (χ0) is 26.1. The van der Waals surface area contributed by atoms with Crippen molar-refractivity contribution in [3.63, 3.8) is 0 Å². The predicted molar refractivity (Wildman–Crippen MR) is 149 cm³/mol. The topological polar surface area (TPSA) is 139 Å². The molecule has 8 nitrogen and oxygen atoms in total. The fourth-order valence-corrected chi connectivity index (χ4v) is 4.68. The van der Waals surface area contributed by atoms with E-state index in [9.17, 15) is 9.59 Å². The van der Waals surface area contributed by atoms with E-state index in [-0.39, 0.29) is 17.7 Å². The Bertz CT molecular complexity index is 1540. The van der Waals surface area contributed by atoms with Gasteiger partial charge in [0.1, 0.15) is 11.3 Å². The molecule has 0 bridgehead atoms. The Morgan fingerprint density at radius 2 is 1.73 bits per heavy atom. The molecular formula is C27H24Cl2N6O2. The molecule has 4 aromatic rings. The molecule has 1 unspecified atom stereocenters. The molecule has 0 radical (unpaired) electrons. The van der Waals surface area contributed by atoms with Crippen molar-refractivity contribution in [2.75, 3.05) is 16.4 Å². The summed E-state index contributed by atoms with van der Waals surface area (Å²) >= 11 is 13.1. The van der Waals surface area contributed by atoms with Crippen LogP contribution in [0.2, 0.25) is 10.0 Å². The molecule has 5 rings (SSSR count). The molecule has 1 aliphatic rings. The van der Waals surface area contributed by atoms with Crippen LogP contribution in [-0.4, -0.2) is 21.8 Å². The number of aromatic nitrogens is 2. The van der Waals surface area contributed by atoms with Crippen molar-refractivity contribution in [2.45, 2.75) is 19.3 Å². The number of nitrogens with zero attached hydrogens (tertiary/aromatic N) is 1. The van der Waals surface area contributed by atoms with Crippen LogP contribution in [-0.2, 0) is 4.79 Å². The number of imidazole rings is 1. The monoisotopic (exact) mass is 534 g/mol. The largest absolute Gasteiger partial charge is 0.402 e. The van der Waals surface area contributed by atoms with Gasteiger partial charge in [-0.2, -0.15) is 0 Å². The predicted octanol–water partition coefficient (Wildman–Crippen LogP) is 5.95. The van der Waals surface area contributed by atoms with E-state index in [0.717, 1.165) is 11.3 Å². The maximum atomic E-state index is 12.6. The Morgan fingerprint density at radius 3 is 2.43 bits per heavy atom. The Labute approximate surface area is 223 Å². The normalized spacial score (nSPS) is 15.3. The second kappa shape index (κ2) is 10.2. The molecule has 7 N–H and O–H groups in total. The van der Waals surface area contributed by atoms with Gasteiger partial charge in [-0.3, -0.25) is 9.59 Å². The van der Waals surface area contributed by atoms with Crippen LogP contribution in [0.15, 0.2) is 66.4 Å². The molecule has 188 valence electrons. The lowest BCUT2D eigenvalue weighted by Gasteiger charge is -2.20. The summed E-state index contributed by atoms with van der Waals surface area (Å²) in [7, 11) is 0. The molecule has 0 saturated heterocycles. The number of nitrogens with two attached hydrogens (primary N) is 2. The van der Waals surface area contributed by atoms with Gasteiger partial charge in [0.05, 0.1) is 26.9 Å². The fourth-order valence-electron chi connectivity index (χ4n) is 4.20. The summed E-state index contributed by atoms with van der Waals surface area (Å²) in [6, 6.07) is 15.4. The van der Waals surface area contributed by atoms with Crippen molar-refractivity contribution in [1.29, 1.82) is 0 Å². The van der Waals surface area contributed by atoms with Crippen LogP contribution in [0.4, 0.5) is 17.1 Å². The number of hydrogen-bond donors (Lipinski definition) is 5. The molecule has 0 saturated carbocycles. The van der Waals surface area contributed by atoms with Crippen LogP contribution >= 0.6 is 23.2 Å². The molecule has 0 fully saturated rings. The van der Waals surface area contributed by atoms with E-state index in [1.165, 1.54) is 0 Å².